The molecule has 4 heteroatoms. The molecule has 2 rings (SSSR count). The van der Waals surface area contributed by atoms with Crippen LogP contribution >= 0.6 is 0 Å². The van der Waals surface area contributed by atoms with Crippen LogP contribution in [-0.2, 0) is 4.74 Å². The highest BCUT2D eigenvalue weighted by Crippen LogP contribution is 2.20. The molecular weight excluding hydrogens is 178 g/mol. The summed E-state index contributed by atoms with van der Waals surface area (Å²) in [6.45, 7) is 3.92. The molecule has 76 valence electrons. The standard InChI is InChI=1S/C10H15N3O/c1-8-9(2-5-14-8)6-13-10-7-11-3-4-12-10/h3-4,7-9H,2,5-6H2,1H3,(H,12,13). The zero-order valence-corrected chi connectivity index (χ0v) is 8.31. The van der Waals surface area contributed by atoms with Crippen molar-refractivity contribution in [1.29, 1.82) is 0 Å². The minimum absolute atomic E-state index is 0.360. The monoisotopic (exact) mass is 193 g/mol. The molecule has 14 heavy (non-hydrogen) atoms. The minimum atomic E-state index is 0.360. The highest BCUT2D eigenvalue weighted by Gasteiger charge is 2.23. The van der Waals surface area contributed by atoms with Gasteiger partial charge in [-0.2, -0.15) is 0 Å². The Bertz CT molecular complexity index is 278. The first kappa shape index (κ1) is 9.40. The second kappa shape index (κ2) is 4.37. The van der Waals surface area contributed by atoms with Crippen molar-refractivity contribution in [2.75, 3.05) is 18.5 Å². The van der Waals surface area contributed by atoms with E-state index in [9.17, 15) is 0 Å². The zero-order valence-electron chi connectivity index (χ0n) is 8.31. The van der Waals surface area contributed by atoms with Gasteiger partial charge in [0.05, 0.1) is 12.3 Å². The van der Waals surface area contributed by atoms with Gasteiger partial charge in [-0.15, -0.1) is 0 Å². The topological polar surface area (TPSA) is 47.0 Å². The Labute approximate surface area is 83.7 Å². The van der Waals surface area contributed by atoms with Crippen molar-refractivity contribution >= 4 is 5.82 Å². The van der Waals surface area contributed by atoms with Gasteiger partial charge in [0.1, 0.15) is 5.82 Å². The number of hydrogen-bond donors (Lipinski definition) is 1. The van der Waals surface area contributed by atoms with Gasteiger partial charge in [-0.05, 0) is 13.3 Å². The number of nitrogens with one attached hydrogen (secondary N) is 1. The van der Waals surface area contributed by atoms with Crippen LogP contribution in [0, 0.1) is 5.92 Å². The summed E-state index contributed by atoms with van der Waals surface area (Å²) >= 11 is 0. The average molecular weight is 193 g/mol. The van der Waals surface area contributed by atoms with Gasteiger partial charge in [0.25, 0.3) is 0 Å². The van der Waals surface area contributed by atoms with Crippen molar-refractivity contribution in [2.45, 2.75) is 19.4 Å². The SMILES string of the molecule is CC1OCCC1CNc1cnccn1. The van der Waals surface area contributed by atoms with Crippen molar-refractivity contribution in [3.05, 3.63) is 18.6 Å². The van der Waals surface area contributed by atoms with Crippen LogP contribution in [0.15, 0.2) is 18.6 Å². The van der Waals surface area contributed by atoms with Crippen LogP contribution in [0.4, 0.5) is 5.82 Å². The Balaban J connectivity index is 1.82. The fourth-order valence-corrected chi connectivity index (χ4v) is 1.67. The fraction of sp³-hybridized carbons (Fsp3) is 0.600. The molecule has 1 aliphatic rings. The summed E-state index contributed by atoms with van der Waals surface area (Å²) in [7, 11) is 0. The molecule has 0 aromatic carbocycles. The molecule has 1 N–H and O–H groups in total. The van der Waals surface area contributed by atoms with E-state index in [1.807, 2.05) is 0 Å². The number of nitrogens with zero attached hydrogens (tertiary/aromatic N) is 2. The normalized spacial score (nSPS) is 26.4. The predicted octanol–water partition coefficient (Wildman–Crippen LogP) is 1.31. The van der Waals surface area contributed by atoms with Crippen LogP contribution in [0.1, 0.15) is 13.3 Å². The first-order chi connectivity index (χ1) is 6.86. The summed E-state index contributed by atoms with van der Waals surface area (Å²) in [5, 5.41) is 3.26. The van der Waals surface area contributed by atoms with Crippen molar-refractivity contribution in [1.82, 2.24) is 9.97 Å². The second-order valence-corrected chi connectivity index (χ2v) is 3.60. The molecule has 1 aromatic heterocycles. The van der Waals surface area contributed by atoms with Crippen molar-refractivity contribution in [3.8, 4) is 0 Å². The Morgan fingerprint density at radius 3 is 3.14 bits per heavy atom. The number of hydrogen-bond acceptors (Lipinski definition) is 4. The maximum absolute atomic E-state index is 5.48. The van der Waals surface area contributed by atoms with Gasteiger partial charge >= 0.3 is 0 Å². The Morgan fingerprint density at radius 1 is 1.57 bits per heavy atom. The van der Waals surface area contributed by atoms with Gasteiger partial charge in [-0.3, -0.25) is 4.98 Å². The van der Waals surface area contributed by atoms with Gasteiger partial charge < -0.3 is 10.1 Å². The van der Waals surface area contributed by atoms with Gasteiger partial charge in [0.2, 0.25) is 0 Å². The van der Waals surface area contributed by atoms with Crippen LogP contribution in [0.3, 0.4) is 0 Å². The summed E-state index contributed by atoms with van der Waals surface area (Å²) in [4.78, 5) is 8.14. The molecule has 2 heterocycles. The molecule has 0 radical (unpaired) electrons. The van der Waals surface area contributed by atoms with E-state index in [-0.39, 0.29) is 0 Å². The first-order valence-electron chi connectivity index (χ1n) is 4.98. The maximum Gasteiger partial charge on any atom is 0.144 e. The summed E-state index contributed by atoms with van der Waals surface area (Å²) in [6, 6.07) is 0. The lowest BCUT2D eigenvalue weighted by Crippen LogP contribution is -2.21. The molecule has 0 aliphatic carbocycles. The highest BCUT2D eigenvalue weighted by molar-refractivity contribution is 5.29. The molecular formula is C10H15N3O. The number of aromatic nitrogens is 2. The third-order valence-electron chi connectivity index (χ3n) is 2.64. The highest BCUT2D eigenvalue weighted by atomic mass is 16.5. The summed E-state index contributed by atoms with van der Waals surface area (Å²) in [6.07, 6.45) is 6.59. The van der Waals surface area contributed by atoms with Gasteiger partial charge in [0.15, 0.2) is 0 Å². The summed E-state index contributed by atoms with van der Waals surface area (Å²) in [5.41, 5.74) is 0. The van der Waals surface area contributed by atoms with E-state index in [4.69, 9.17) is 4.74 Å². The van der Waals surface area contributed by atoms with Gasteiger partial charge in [-0.1, -0.05) is 0 Å². The molecule has 2 unspecified atom stereocenters. The Kier molecular flexibility index (Phi) is 2.93. The van der Waals surface area contributed by atoms with Crippen LogP contribution in [0.2, 0.25) is 0 Å². The van der Waals surface area contributed by atoms with E-state index in [1.165, 1.54) is 0 Å². The van der Waals surface area contributed by atoms with E-state index in [0.717, 1.165) is 25.4 Å². The Morgan fingerprint density at radius 2 is 2.50 bits per heavy atom. The minimum Gasteiger partial charge on any atom is -0.378 e. The summed E-state index contributed by atoms with van der Waals surface area (Å²) in [5.74, 6) is 1.43. The third-order valence-corrected chi connectivity index (χ3v) is 2.64. The number of anilines is 1. The lowest BCUT2D eigenvalue weighted by Gasteiger charge is -2.14. The van der Waals surface area contributed by atoms with Crippen molar-refractivity contribution < 1.29 is 4.74 Å². The van der Waals surface area contributed by atoms with E-state index in [1.54, 1.807) is 18.6 Å². The zero-order chi connectivity index (χ0) is 9.80. The van der Waals surface area contributed by atoms with Crippen LogP contribution in [-0.4, -0.2) is 29.2 Å². The average Bonchev–Trinajstić information content (AvgIpc) is 2.63. The van der Waals surface area contributed by atoms with E-state index in [0.29, 0.717) is 12.0 Å². The van der Waals surface area contributed by atoms with Crippen molar-refractivity contribution in [2.24, 2.45) is 5.92 Å². The molecule has 2 atom stereocenters. The van der Waals surface area contributed by atoms with E-state index in [2.05, 4.69) is 22.2 Å². The molecule has 0 amide bonds. The smallest absolute Gasteiger partial charge is 0.144 e. The largest absolute Gasteiger partial charge is 0.378 e. The van der Waals surface area contributed by atoms with Gasteiger partial charge in [-0.25, -0.2) is 4.98 Å². The van der Waals surface area contributed by atoms with Crippen molar-refractivity contribution in [3.63, 3.8) is 0 Å². The predicted molar refractivity (Wildman–Crippen MR) is 54.0 cm³/mol. The van der Waals surface area contributed by atoms with Crippen LogP contribution in [0.5, 0.6) is 0 Å². The quantitative estimate of drug-likeness (QED) is 0.786. The number of ether oxygens (including phenoxy) is 1. The summed E-state index contributed by atoms with van der Waals surface area (Å²) < 4.78 is 5.48. The van der Waals surface area contributed by atoms with Gasteiger partial charge in [0, 0.05) is 31.5 Å². The first-order valence-corrected chi connectivity index (χ1v) is 4.98. The number of rotatable bonds is 3. The lowest BCUT2D eigenvalue weighted by atomic mass is 10.0. The molecule has 4 nitrogen and oxygen atoms in total. The fourth-order valence-electron chi connectivity index (χ4n) is 1.67. The third kappa shape index (κ3) is 2.20. The molecule has 1 fully saturated rings. The van der Waals surface area contributed by atoms with Crippen LogP contribution in [0.25, 0.3) is 0 Å². The molecule has 0 bridgehead atoms. The molecule has 1 saturated heterocycles. The maximum atomic E-state index is 5.48. The van der Waals surface area contributed by atoms with Crippen LogP contribution < -0.4 is 5.32 Å². The molecule has 1 aliphatic heterocycles. The molecule has 1 aromatic rings. The van der Waals surface area contributed by atoms with E-state index < -0.39 is 0 Å². The molecule has 0 spiro atoms. The Hall–Kier alpha value is -1.16. The molecule has 0 saturated carbocycles. The van der Waals surface area contributed by atoms with E-state index >= 15 is 0 Å². The second-order valence-electron chi connectivity index (χ2n) is 3.60. The lowest BCUT2D eigenvalue weighted by molar-refractivity contribution is 0.108.